The van der Waals surface area contributed by atoms with Crippen LogP contribution >= 0.6 is 0 Å². The molecule has 0 saturated carbocycles. The zero-order chi connectivity index (χ0) is 15.2. The molecule has 1 amide bonds. The summed E-state index contributed by atoms with van der Waals surface area (Å²) in [5, 5.41) is 13.8. The van der Waals surface area contributed by atoms with Crippen LogP contribution in [-0.2, 0) is 13.5 Å². The zero-order valence-electron chi connectivity index (χ0n) is 12.3. The van der Waals surface area contributed by atoms with Gasteiger partial charge < -0.3 is 20.9 Å². The fourth-order valence-electron chi connectivity index (χ4n) is 1.96. The summed E-state index contributed by atoms with van der Waals surface area (Å²) in [5.41, 5.74) is 7.88. The number of hydrogen-bond acceptors (Lipinski definition) is 5. The lowest BCUT2D eigenvalue weighted by Gasteiger charge is -2.11. The molecule has 0 aliphatic rings. The van der Waals surface area contributed by atoms with Crippen LogP contribution in [0.5, 0.6) is 0 Å². The molecule has 1 aromatic heterocycles. The topological polar surface area (TPSA) is 97.9 Å². The van der Waals surface area contributed by atoms with Crippen molar-refractivity contribution in [3.63, 3.8) is 0 Å². The molecule has 2 aromatic rings. The number of carbonyl (C=O) groups is 1. The van der Waals surface area contributed by atoms with E-state index in [1.807, 2.05) is 18.5 Å². The van der Waals surface area contributed by atoms with Gasteiger partial charge >= 0.3 is 0 Å². The van der Waals surface area contributed by atoms with Crippen molar-refractivity contribution in [2.75, 3.05) is 24.1 Å². The Balaban J connectivity index is 2.00. The van der Waals surface area contributed by atoms with Crippen molar-refractivity contribution in [1.82, 2.24) is 20.1 Å². The van der Waals surface area contributed by atoms with Gasteiger partial charge in [-0.15, -0.1) is 10.2 Å². The van der Waals surface area contributed by atoms with Gasteiger partial charge in [0.1, 0.15) is 12.2 Å². The van der Waals surface area contributed by atoms with E-state index in [1.165, 1.54) is 0 Å². The second kappa shape index (κ2) is 6.74. The Hall–Kier alpha value is -2.57. The number of hydrogen-bond donors (Lipinski definition) is 3. The first-order valence-electron chi connectivity index (χ1n) is 6.86. The summed E-state index contributed by atoms with van der Waals surface area (Å²) >= 11 is 0. The summed E-state index contributed by atoms with van der Waals surface area (Å²) in [4.78, 5) is 11.8. The predicted octanol–water partition coefficient (Wildman–Crippen LogP) is 0.802. The second-order valence-electron chi connectivity index (χ2n) is 4.70. The number of nitrogens with two attached hydrogens (primary N) is 1. The highest BCUT2D eigenvalue weighted by Gasteiger charge is 2.08. The summed E-state index contributed by atoms with van der Waals surface area (Å²) in [6.07, 6.45) is 2.39. The van der Waals surface area contributed by atoms with E-state index in [0.29, 0.717) is 24.3 Å². The number of nitrogen functional groups attached to an aromatic ring is 1. The Morgan fingerprint density at radius 3 is 2.90 bits per heavy atom. The van der Waals surface area contributed by atoms with Gasteiger partial charge in [-0.05, 0) is 25.1 Å². The van der Waals surface area contributed by atoms with Crippen LogP contribution in [0.1, 0.15) is 23.1 Å². The van der Waals surface area contributed by atoms with Crippen LogP contribution in [0.15, 0.2) is 24.5 Å². The monoisotopic (exact) mass is 288 g/mol. The summed E-state index contributed by atoms with van der Waals surface area (Å²) in [7, 11) is 1.90. The van der Waals surface area contributed by atoms with Gasteiger partial charge in [-0.3, -0.25) is 4.79 Å². The number of nitrogens with one attached hydrogen (secondary N) is 2. The molecule has 112 valence electrons. The van der Waals surface area contributed by atoms with Crippen molar-refractivity contribution >= 4 is 17.3 Å². The Morgan fingerprint density at radius 1 is 1.43 bits per heavy atom. The van der Waals surface area contributed by atoms with Crippen LogP contribution in [0.25, 0.3) is 0 Å². The highest BCUT2D eigenvalue weighted by atomic mass is 16.1. The summed E-state index contributed by atoms with van der Waals surface area (Å²) in [6.45, 7) is 3.14. The van der Waals surface area contributed by atoms with E-state index in [4.69, 9.17) is 5.73 Å². The van der Waals surface area contributed by atoms with Crippen LogP contribution in [0.3, 0.4) is 0 Å². The van der Waals surface area contributed by atoms with Gasteiger partial charge in [0, 0.05) is 32.1 Å². The number of benzene rings is 1. The first-order valence-corrected chi connectivity index (χ1v) is 6.86. The van der Waals surface area contributed by atoms with E-state index >= 15 is 0 Å². The van der Waals surface area contributed by atoms with Gasteiger partial charge in [0.05, 0.1) is 11.4 Å². The van der Waals surface area contributed by atoms with Crippen molar-refractivity contribution in [2.45, 2.75) is 13.3 Å². The molecule has 0 saturated heterocycles. The molecule has 7 heteroatoms. The molecule has 0 unspecified atom stereocenters. The van der Waals surface area contributed by atoms with E-state index in [1.54, 1.807) is 24.5 Å². The normalized spacial score (nSPS) is 10.4. The molecule has 0 bridgehead atoms. The number of nitrogens with zero attached hydrogens (tertiary/aromatic N) is 3. The van der Waals surface area contributed by atoms with Crippen LogP contribution in [0.4, 0.5) is 11.4 Å². The number of aryl methyl sites for hydroxylation is 1. The number of carbonyl (C=O) groups excluding carboxylic acids is 1. The van der Waals surface area contributed by atoms with Crippen molar-refractivity contribution < 1.29 is 4.79 Å². The SMILES string of the molecule is CCNC(=O)c1ccc(N)c(NCCc2nncn2C)c1. The summed E-state index contributed by atoms with van der Waals surface area (Å²) in [6, 6.07) is 5.21. The van der Waals surface area contributed by atoms with Crippen molar-refractivity contribution in [3.8, 4) is 0 Å². The molecule has 7 nitrogen and oxygen atoms in total. The van der Waals surface area contributed by atoms with Gasteiger partial charge in [0.2, 0.25) is 0 Å². The fraction of sp³-hybridized carbons (Fsp3) is 0.357. The third-order valence-corrected chi connectivity index (χ3v) is 3.12. The molecule has 4 N–H and O–H groups in total. The van der Waals surface area contributed by atoms with E-state index in [9.17, 15) is 4.79 Å². The van der Waals surface area contributed by atoms with Gasteiger partial charge in [-0.25, -0.2) is 0 Å². The number of rotatable bonds is 6. The average molecular weight is 288 g/mol. The number of anilines is 2. The number of amides is 1. The van der Waals surface area contributed by atoms with Gasteiger partial charge in [0.25, 0.3) is 5.91 Å². The Kier molecular flexibility index (Phi) is 4.76. The Labute approximate surface area is 123 Å². The van der Waals surface area contributed by atoms with Gasteiger partial charge in [0.15, 0.2) is 0 Å². The van der Waals surface area contributed by atoms with Gasteiger partial charge in [-0.1, -0.05) is 0 Å². The van der Waals surface area contributed by atoms with Crippen molar-refractivity contribution in [1.29, 1.82) is 0 Å². The summed E-state index contributed by atoms with van der Waals surface area (Å²) < 4.78 is 1.87. The maximum atomic E-state index is 11.8. The first kappa shape index (κ1) is 14.8. The maximum Gasteiger partial charge on any atom is 0.251 e. The molecule has 0 spiro atoms. The fourth-order valence-corrected chi connectivity index (χ4v) is 1.96. The van der Waals surface area contributed by atoms with Crippen LogP contribution < -0.4 is 16.4 Å². The molecule has 21 heavy (non-hydrogen) atoms. The largest absolute Gasteiger partial charge is 0.397 e. The number of aromatic nitrogens is 3. The average Bonchev–Trinajstić information content (AvgIpc) is 2.87. The second-order valence-corrected chi connectivity index (χ2v) is 4.70. The third kappa shape index (κ3) is 3.71. The predicted molar refractivity (Wildman–Crippen MR) is 82.1 cm³/mol. The maximum absolute atomic E-state index is 11.8. The van der Waals surface area contributed by atoms with E-state index in [0.717, 1.165) is 17.9 Å². The Morgan fingerprint density at radius 2 is 2.24 bits per heavy atom. The molecular formula is C14H20N6O. The lowest BCUT2D eigenvalue weighted by molar-refractivity contribution is 0.0956. The minimum atomic E-state index is -0.103. The standard InChI is InChI=1S/C14H20N6O/c1-3-16-14(21)10-4-5-11(15)12(8-10)17-7-6-13-19-18-9-20(13)2/h4-5,8-9,17H,3,6-7,15H2,1-2H3,(H,16,21). The molecular weight excluding hydrogens is 268 g/mol. The minimum absolute atomic E-state index is 0.103. The Bertz CT molecular complexity index is 622. The molecule has 0 radical (unpaired) electrons. The van der Waals surface area contributed by atoms with Gasteiger partial charge in [-0.2, -0.15) is 0 Å². The lowest BCUT2D eigenvalue weighted by Crippen LogP contribution is -2.22. The van der Waals surface area contributed by atoms with Crippen LogP contribution in [-0.4, -0.2) is 33.8 Å². The van der Waals surface area contributed by atoms with Crippen molar-refractivity contribution in [2.24, 2.45) is 7.05 Å². The first-order chi connectivity index (χ1) is 10.1. The van der Waals surface area contributed by atoms with E-state index in [-0.39, 0.29) is 5.91 Å². The molecule has 0 aliphatic carbocycles. The molecule has 0 fully saturated rings. The molecule has 1 heterocycles. The molecule has 1 aromatic carbocycles. The third-order valence-electron chi connectivity index (χ3n) is 3.12. The molecule has 2 rings (SSSR count). The zero-order valence-corrected chi connectivity index (χ0v) is 12.3. The van der Waals surface area contributed by atoms with Crippen LogP contribution in [0.2, 0.25) is 0 Å². The smallest absolute Gasteiger partial charge is 0.251 e. The quantitative estimate of drug-likeness (QED) is 0.683. The lowest BCUT2D eigenvalue weighted by atomic mass is 10.1. The minimum Gasteiger partial charge on any atom is -0.397 e. The van der Waals surface area contributed by atoms with Crippen molar-refractivity contribution in [3.05, 3.63) is 35.9 Å². The van der Waals surface area contributed by atoms with E-state index < -0.39 is 0 Å². The molecule has 0 atom stereocenters. The highest BCUT2D eigenvalue weighted by molar-refractivity contribution is 5.96. The van der Waals surface area contributed by atoms with E-state index in [2.05, 4.69) is 20.8 Å². The highest BCUT2D eigenvalue weighted by Crippen LogP contribution is 2.20. The van der Waals surface area contributed by atoms with Crippen LogP contribution in [0, 0.1) is 0 Å². The summed E-state index contributed by atoms with van der Waals surface area (Å²) in [5.74, 6) is 0.787. The molecule has 0 aliphatic heterocycles.